The number of thioether (sulfide) groups is 1. The third-order valence-corrected chi connectivity index (χ3v) is 4.21. The summed E-state index contributed by atoms with van der Waals surface area (Å²) < 4.78 is 13.9. The number of nitrogens with one attached hydrogen (secondary N) is 2. The largest absolute Gasteiger partial charge is 0.396 e. The van der Waals surface area contributed by atoms with Gasteiger partial charge in [0.15, 0.2) is 0 Å². The zero-order valence-corrected chi connectivity index (χ0v) is 14.2. The van der Waals surface area contributed by atoms with Gasteiger partial charge in [0, 0.05) is 30.4 Å². The van der Waals surface area contributed by atoms with Gasteiger partial charge in [0.2, 0.25) is 0 Å². The second-order valence-corrected chi connectivity index (χ2v) is 6.77. The van der Waals surface area contributed by atoms with Crippen LogP contribution in [0.3, 0.4) is 0 Å². The fourth-order valence-corrected chi connectivity index (χ4v) is 2.85. The normalized spacial score (nSPS) is 12.8. The average molecular weight is 328 g/mol. The Hall–Kier alpha value is -1.27. The van der Waals surface area contributed by atoms with Gasteiger partial charge in [0.25, 0.3) is 0 Å². The van der Waals surface area contributed by atoms with Crippen molar-refractivity contribution in [1.82, 2.24) is 10.6 Å². The lowest BCUT2D eigenvalue weighted by Crippen LogP contribution is -2.47. The zero-order chi connectivity index (χ0) is 16.6. The molecule has 1 unspecified atom stereocenters. The molecule has 0 aliphatic rings. The molecule has 1 aromatic carbocycles. The summed E-state index contributed by atoms with van der Waals surface area (Å²) in [4.78, 5) is 12.0. The molecule has 0 fully saturated rings. The number of rotatable bonds is 8. The van der Waals surface area contributed by atoms with Gasteiger partial charge >= 0.3 is 6.03 Å². The van der Waals surface area contributed by atoms with E-state index in [-0.39, 0.29) is 24.5 Å². The lowest BCUT2D eigenvalue weighted by molar-refractivity contribution is 0.229. The molecule has 1 atom stereocenters. The predicted molar refractivity (Wildman–Crippen MR) is 89.8 cm³/mol. The number of hydrogen-bond donors (Lipinski definition) is 3. The summed E-state index contributed by atoms with van der Waals surface area (Å²) in [5.74, 6) is 0.472. The molecule has 6 heteroatoms. The highest BCUT2D eigenvalue weighted by Gasteiger charge is 2.24. The Morgan fingerprint density at radius 1 is 1.41 bits per heavy atom. The Morgan fingerprint density at radius 2 is 2.09 bits per heavy atom. The first-order chi connectivity index (χ1) is 10.4. The Morgan fingerprint density at radius 3 is 2.68 bits per heavy atom. The van der Waals surface area contributed by atoms with Gasteiger partial charge in [0.1, 0.15) is 5.82 Å². The van der Waals surface area contributed by atoms with E-state index >= 15 is 0 Å². The monoisotopic (exact) mass is 328 g/mol. The van der Waals surface area contributed by atoms with E-state index in [9.17, 15) is 9.18 Å². The molecule has 0 heterocycles. The molecule has 2 amide bonds. The maximum absolute atomic E-state index is 13.9. The van der Waals surface area contributed by atoms with Crippen LogP contribution < -0.4 is 10.6 Å². The molecule has 22 heavy (non-hydrogen) atoms. The molecule has 0 aliphatic heterocycles. The van der Waals surface area contributed by atoms with E-state index in [2.05, 4.69) is 10.6 Å². The molecule has 0 saturated heterocycles. The number of aliphatic hydroxyl groups is 1. The van der Waals surface area contributed by atoms with Crippen molar-refractivity contribution in [2.45, 2.75) is 31.7 Å². The molecule has 124 valence electrons. The highest BCUT2D eigenvalue weighted by molar-refractivity contribution is 7.98. The van der Waals surface area contributed by atoms with E-state index in [0.717, 1.165) is 5.75 Å². The summed E-state index contributed by atoms with van der Waals surface area (Å²) in [5, 5.41) is 14.6. The summed E-state index contributed by atoms with van der Waals surface area (Å²) >= 11 is 1.61. The topological polar surface area (TPSA) is 61.4 Å². The van der Waals surface area contributed by atoms with Crippen molar-refractivity contribution in [2.75, 3.05) is 25.2 Å². The van der Waals surface area contributed by atoms with Crippen LogP contribution in [0.5, 0.6) is 0 Å². The van der Waals surface area contributed by atoms with Gasteiger partial charge in [-0.3, -0.25) is 0 Å². The molecule has 3 N–H and O–H groups in total. The molecule has 0 radical (unpaired) electrons. The Bertz CT molecular complexity index is 477. The van der Waals surface area contributed by atoms with Gasteiger partial charge < -0.3 is 15.7 Å². The molecule has 0 saturated carbocycles. The van der Waals surface area contributed by atoms with Crippen molar-refractivity contribution in [3.05, 3.63) is 35.6 Å². The second-order valence-electron chi connectivity index (χ2n) is 5.86. The number of halogens is 1. The average Bonchev–Trinajstić information content (AvgIpc) is 2.46. The quantitative estimate of drug-likeness (QED) is 0.687. The van der Waals surface area contributed by atoms with E-state index in [4.69, 9.17) is 5.11 Å². The Kier molecular flexibility index (Phi) is 7.68. The van der Waals surface area contributed by atoms with Crippen molar-refractivity contribution < 1.29 is 14.3 Å². The highest BCUT2D eigenvalue weighted by atomic mass is 32.2. The van der Waals surface area contributed by atoms with Crippen LogP contribution in [0.2, 0.25) is 0 Å². The minimum Gasteiger partial charge on any atom is -0.396 e. The number of amides is 2. The molecule has 0 aliphatic carbocycles. The molecule has 0 spiro atoms. The summed E-state index contributed by atoms with van der Waals surface area (Å²) in [6.45, 7) is 4.13. The Balaban J connectivity index is 2.57. The summed E-state index contributed by atoms with van der Waals surface area (Å²) in [5.41, 5.74) is 0.0700. The van der Waals surface area contributed by atoms with E-state index in [1.54, 1.807) is 30.0 Å². The second kappa shape index (κ2) is 9.00. The van der Waals surface area contributed by atoms with Crippen molar-refractivity contribution in [3.63, 3.8) is 0 Å². The van der Waals surface area contributed by atoms with Crippen LogP contribution in [0.1, 0.15) is 25.8 Å². The zero-order valence-electron chi connectivity index (χ0n) is 13.4. The van der Waals surface area contributed by atoms with E-state index in [1.165, 1.54) is 6.07 Å². The first-order valence-corrected chi connectivity index (χ1v) is 8.69. The fourth-order valence-electron chi connectivity index (χ4n) is 2.20. The lowest BCUT2D eigenvalue weighted by atomic mass is 9.84. The smallest absolute Gasteiger partial charge is 0.315 e. The maximum atomic E-state index is 13.9. The molecule has 4 nitrogen and oxygen atoms in total. The highest BCUT2D eigenvalue weighted by Crippen LogP contribution is 2.24. The number of hydrogen-bond acceptors (Lipinski definition) is 3. The van der Waals surface area contributed by atoms with Gasteiger partial charge in [-0.05, 0) is 24.3 Å². The SMILES string of the molecule is CSCC(CCO)NC(=O)NCC(C)(C)c1ccccc1F. The molecule has 1 rings (SSSR count). The van der Waals surface area contributed by atoms with Crippen LogP contribution in [0.25, 0.3) is 0 Å². The van der Waals surface area contributed by atoms with Crippen molar-refractivity contribution in [2.24, 2.45) is 0 Å². The number of aliphatic hydroxyl groups excluding tert-OH is 1. The first-order valence-electron chi connectivity index (χ1n) is 7.30. The van der Waals surface area contributed by atoms with E-state index in [0.29, 0.717) is 18.5 Å². The lowest BCUT2D eigenvalue weighted by Gasteiger charge is -2.27. The molecule has 1 aromatic rings. The summed E-state index contributed by atoms with van der Waals surface area (Å²) in [7, 11) is 0. The van der Waals surface area contributed by atoms with Crippen LogP contribution in [0.4, 0.5) is 9.18 Å². The van der Waals surface area contributed by atoms with Gasteiger partial charge in [0.05, 0.1) is 0 Å². The number of benzene rings is 1. The Labute approximate surface area is 135 Å². The van der Waals surface area contributed by atoms with Crippen LogP contribution in [-0.2, 0) is 5.41 Å². The number of carbonyl (C=O) groups excluding carboxylic acids is 1. The molecule has 0 aromatic heterocycles. The van der Waals surface area contributed by atoms with Gasteiger partial charge in [-0.25, -0.2) is 9.18 Å². The van der Waals surface area contributed by atoms with Crippen molar-refractivity contribution in [1.29, 1.82) is 0 Å². The third-order valence-electron chi connectivity index (χ3n) is 3.47. The van der Waals surface area contributed by atoms with Crippen LogP contribution >= 0.6 is 11.8 Å². The minimum atomic E-state index is -0.505. The van der Waals surface area contributed by atoms with Crippen LogP contribution in [-0.4, -0.2) is 42.3 Å². The van der Waals surface area contributed by atoms with Crippen molar-refractivity contribution in [3.8, 4) is 0 Å². The molecular weight excluding hydrogens is 303 g/mol. The third kappa shape index (κ3) is 5.85. The number of urea groups is 1. The predicted octanol–water partition coefficient (Wildman–Crippen LogP) is 2.52. The number of carbonyl (C=O) groups is 1. The van der Waals surface area contributed by atoms with Gasteiger partial charge in [-0.1, -0.05) is 32.0 Å². The minimum absolute atomic E-state index is 0.0340. The summed E-state index contributed by atoms with van der Waals surface area (Å²) in [6.07, 6.45) is 2.47. The van der Waals surface area contributed by atoms with E-state index < -0.39 is 5.41 Å². The summed E-state index contributed by atoms with van der Waals surface area (Å²) in [6, 6.07) is 6.23. The van der Waals surface area contributed by atoms with Crippen LogP contribution in [0.15, 0.2) is 24.3 Å². The van der Waals surface area contributed by atoms with Gasteiger partial charge in [-0.2, -0.15) is 11.8 Å². The van der Waals surface area contributed by atoms with Crippen molar-refractivity contribution >= 4 is 17.8 Å². The molecular formula is C16H25FN2O2S. The molecule has 0 bridgehead atoms. The van der Waals surface area contributed by atoms with Gasteiger partial charge in [-0.15, -0.1) is 0 Å². The van der Waals surface area contributed by atoms with Crippen LogP contribution in [0, 0.1) is 5.82 Å². The maximum Gasteiger partial charge on any atom is 0.315 e. The fraction of sp³-hybridized carbons (Fsp3) is 0.562. The first kappa shape index (κ1) is 18.8. The standard InChI is InChI=1S/C16H25FN2O2S/c1-16(2,13-6-4-5-7-14(13)17)11-18-15(21)19-12(8-9-20)10-22-3/h4-7,12,20H,8-11H2,1-3H3,(H2,18,19,21). The van der Waals surface area contributed by atoms with E-state index in [1.807, 2.05) is 20.1 Å².